The predicted molar refractivity (Wildman–Crippen MR) is 116 cm³/mol. The second-order valence-corrected chi connectivity index (χ2v) is 9.31. The minimum Gasteiger partial charge on any atom is -0.355 e. The van der Waals surface area contributed by atoms with E-state index in [0.717, 1.165) is 51.7 Å². The zero-order chi connectivity index (χ0) is 19.5. The summed E-state index contributed by atoms with van der Waals surface area (Å²) in [6.45, 7) is 3.56. The Morgan fingerprint density at radius 1 is 1.18 bits per heavy atom. The lowest BCUT2D eigenvalue weighted by molar-refractivity contribution is -0.120. The Morgan fingerprint density at radius 3 is 2.64 bits per heavy atom. The van der Waals surface area contributed by atoms with Gasteiger partial charge >= 0.3 is 0 Å². The van der Waals surface area contributed by atoms with Gasteiger partial charge in [0.15, 0.2) is 5.82 Å². The fourth-order valence-electron chi connectivity index (χ4n) is 3.28. The van der Waals surface area contributed by atoms with Gasteiger partial charge in [0, 0.05) is 25.2 Å². The van der Waals surface area contributed by atoms with Crippen LogP contribution in [0, 0.1) is 12.8 Å². The Labute approximate surface area is 176 Å². The van der Waals surface area contributed by atoms with E-state index in [9.17, 15) is 4.79 Å². The molecule has 1 aliphatic heterocycles. The number of piperidine rings is 1. The van der Waals surface area contributed by atoms with E-state index >= 15 is 0 Å². The third-order valence-electron chi connectivity index (χ3n) is 4.83. The third kappa shape index (κ3) is 4.39. The zero-order valence-corrected chi connectivity index (χ0v) is 17.8. The summed E-state index contributed by atoms with van der Waals surface area (Å²) >= 11 is 5.11. The summed E-state index contributed by atoms with van der Waals surface area (Å²) in [7, 11) is 0. The van der Waals surface area contributed by atoms with Crippen LogP contribution in [0.5, 0.6) is 0 Å². The molecular formula is C20H20BrN5OS. The summed E-state index contributed by atoms with van der Waals surface area (Å²) in [6, 6.07) is 11.9. The minimum atomic E-state index is -0.00531. The number of rotatable bonds is 4. The number of thiophene rings is 1. The number of amides is 1. The number of hydrogen-bond donors (Lipinski definition) is 1. The molecule has 0 atom stereocenters. The number of carbonyl (C=O) groups excluding carboxylic acids is 1. The second-order valence-electron chi connectivity index (χ2n) is 6.85. The normalized spacial score (nSPS) is 14.9. The van der Waals surface area contributed by atoms with Crippen molar-refractivity contribution in [1.29, 1.82) is 0 Å². The van der Waals surface area contributed by atoms with Crippen LogP contribution in [0.25, 0.3) is 10.6 Å². The van der Waals surface area contributed by atoms with Gasteiger partial charge in [0.05, 0.1) is 8.66 Å². The first-order valence-corrected chi connectivity index (χ1v) is 10.8. The fraction of sp³-hybridized carbons (Fsp3) is 0.300. The summed E-state index contributed by atoms with van der Waals surface area (Å²) in [5, 5.41) is 11.7. The van der Waals surface area contributed by atoms with Crippen LogP contribution in [0.3, 0.4) is 0 Å². The van der Waals surface area contributed by atoms with Crippen molar-refractivity contribution in [2.75, 3.05) is 23.3 Å². The molecule has 4 heterocycles. The molecule has 1 aliphatic rings. The molecular weight excluding hydrogens is 438 g/mol. The molecule has 3 aromatic rings. The predicted octanol–water partition coefficient (Wildman–Crippen LogP) is 4.53. The number of carbonyl (C=O) groups is 1. The number of aromatic nitrogens is 3. The van der Waals surface area contributed by atoms with Crippen molar-refractivity contribution >= 4 is 44.8 Å². The van der Waals surface area contributed by atoms with E-state index in [4.69, 9.17) is 0 Å². The van der Waals surface area contributed by atoms with E-state index < -0.39 is 0 Å². The highest BCUT2D eigenvalue weighted by Crippen LogP contribution is 2.30. The van der Waals surface area contributed by atoms with Gasteiger partial charge < -0.3 is 10.2 Å². The molecule has 0 radical (unpaired) electrons. The number of halogens is 1. The van der Waals surface area contributed by atoms with Crippen LogP contribution < -0.4 is 10.2 Å². The first-order chi connectivity index (χ1) is 13.6. The van der Waals surface area contributed by atoms with E-state index in [1.165, 1.54) is 0 Å². The van der Waals surface area contributed by atoms with Crippen molar-refractivity contribution in [3.63, 3.8) is 0 Å². The number of hydrogen-bond acceptors (Lipinski definition) is 6. The van der Waals surface area contributed by atoms with Gasteiger partial charge in [0.1, 0.15) is 11.5 Å². The summed E-state index contributed by atoms with van der Waals surface area (Å²) in [6.07, 6.45) is 3.29. The Hall–Kier alpha value is -2.32. The van der Waals surface area contributed by atoms with Gasteiger partial charge in [0.2, 0.25) is 5.91 Å². The van der Waals surface area contributed by atoms with E-state index in [-0.39, 0.29) is 11.8 Å². The lowest BCUT2D eigenvalue weighted by Gasteiger charge is -2.31. The summed E-state index contributed by atoms with van der Waals surface area (Å²) in [5.74, 6) is 1.52. The van der Waals surface area contributed by atoms with Gasteiger partial charge in [0.25, 0.3) is 0 Å². The number of aryl methyl sites for hydroxylation is 1. The maximum absolute atomic E-state index is 12.5. The van der Waals surface area contributed by atoms with Crippen molar-refractivity contribution in [2.24, 2.45) is 5.92 Å². The summed E-state index contributed by atoms with van der Waals surface area (Å²) in [4.78, 5) is 20.0. The van der Waals surface area contributed by atoms with Gasteiger partial charge in [-0.25, -0.2) is 4.98 Å². The highest BCUT2D eigenvalue weighted by molar-refractivity contribution is 9.11. The molecule has 0 spiro atoms. The van der Waals surface area contributed by atoms with Gasteiger partial charge in [-0.2, -0.15) is 0 Å². The first kappa shape index (κ1) is 19.0. The van der Waals surface area contributed by atoms with Crippen LogP contribution in [0.4, 0.5) is 11.6 Å². The van der Waals surface area contributed by atoms with Crippen LogP contribution in [0.1, 0.15) is 18.4 Å². The maximum atomic E-state index is 12.5. The van der Waals surface area contributed by atoms with E-state index in [1.807, 2.05) is 43.3 Å². The second kappa shape index (κ2) is 8.36. The number of pyridine rings is 1. The van der Waals surface area contributed by atoms with Crippen LogP contribution >= 0.6 is 27.3 Å². The van der Waals surface area contributed by atoms with Crippen LogP contribution in [-0.2, 0) is 4.79 Å². The monoisotopic (exact) mass is 457 g/mol. The van der Waals surface area contributed by atoms with E-state index in [1.54, 1.807) is 17.5 Å². The highest BCUT2D eigenvalue weighted by atomic mass is 79.9. The first-order valence-electron chi connectivity index (χ1n) is 9.16. The van der Waals surface area contributed by atoms with Crippen LogP contribution in [-0.4, -0.2) is 34.2 Å². The molecule has 144 valence electrons. The molecule has 6 nitrogen and oxygen atoms in total. The maximum Gasteiger partial charge on any atom is 0.228 e. The molecule has 3 aromatic heterocycles. The average molecular weight is 458 g/mol. The molecule has 0 unspecified atom stereocenters. The average Bonchev–Trinajstić information content (AvgIpc) is 3.15. The smallest absolute Gasteiger partial charge is 0.228 e. The van der Waals surface area contributed by atoms with Crippen molar-refractivity contribution in [3.05, 3.63) is 51.9 Å². The summed E-state index contributed by atoms with van der Waals surface area (Å²) in [5.41, 5.74) is 1.96. The van der Waals surface area contributed by atoms with Gasteiger partial charge in [-0.15, -0.1) is 21.5 Å². The van der Waals surface area contributed by atoms with Crippen molar-refractivity contribution in [3.8, 4) is 10.6 Å². The molecule has 1 amide bonds. The van der Waals surface area contributed by atoms with E-state index in [2.05, 4.69) is 41.3 Å². The lowest BCUT2D eigenvalue weighted by atomic mass is 9.96. The minimum absolute atomic E-state index is 0.00531. The van der Waals surface area contributed by atoms with Crippen LogP contribution in [0.2, 0.25) is 0 Å². The van der Waals surface area contributed by atoms with Crippen molar-refractivity contribution < 1.29 is 4.79 Å². The molecule has 0 aromatic carbocycles. The Bertz CT molecular complexity index is 967. The van der Waals surface area contributed by atoms with Crippen LogP contribution in [0.15, 0.2) is 46.4 Å². The largest absolute Gasteiger partial charge is 0.355 e. The molecule has 1 saturated heterocycles. The molecule has 1 fully saturated rings. The fourth-order valence-corrected chi connectivity index (χ4v) is 4.63. The molecule has 28 heavy (non-hydrogen) atoms. The Morgan fingerprint density at radius 2 is 2.00 bits per heavy atom. The standard InChI is InChI=1S/C20H20BrN5OS/c1-13-6-9-22-18(12-13)23-20(27)14-7-10-26(11-8-14)19-5-2-15(24-25-19)16-3-4-17(21)28-16/h2-6,9,12,14H,7-8,10-11H2,1H3,(H,22,23,27). The van der Waals surface area contributed by atoms with Gasteiger partial charge in [-0.05, 0) is 77.7 Å². The van der Waals surface area contributed by atoms with Crippen molar-refractivity contribution in [2.45, 2.75) is 19.8 Å². The molecule has 8 heteroatoms. The zero-order valence-electron chi connectivity index (χ0n) is 15.4. The Balaban J connectivity index is 1.34. The SMILES string of the molecule is Cc1ccnc(NC(=O)C2CCN(c3ccc(-c4ccc(Br)s4)nn3)CC2)c1. The lowest BCUT2D eigenvalue weighted by Crippen LogP contribution is -2.38. The Kier molecular flexibility index (Phi) is 5.68. The number of nitrogens with one attached hydrogen (secondary N) is 1. The quantitative estimate of drug-likeness (QED) is 0.622. The van der Waals surface area contributed by atoms with E-state index in [0.29, 0.717) is 5.82 Å². The summed E-state index contributed by atoms with van der Waals surface area (Å²) < 4.78 is 1.08. The highest BCUT2D eigenvalue weighted by Gasteiger charge is 2.26. The molecule has 0 bridgehead atoms. The number of anilines is 2. The van der Waals surface area contributed by atoms with Crippen molar-refractivity contribution in [1.82, 2.24) is 15.2 Å². The van der Waals surface area contributed by atoms with Gasteiger partial charge in [-0.1, -0.05) is 0 Å². The molecule has 1 N–H and O–H groups in total. The molecule has 4 rings (SSSR count). The molecule has 0 aliphatic carbocycles. The molecule has 0 saturated carbocycles. The van der Waals surface area contributed by atoms with Gasteiger partial charge in [-0.3, -0.25) is 4.79 Å². The number of nitrogens with zero attached hydrogens (tertiary/aromatic N) is 4. The third-order valence-corrected chi connectivity index (χ3v) is 6.48. The topological polar surface area (TPSA) is 71.0 Å².